The van der Waals surface area contributed by atoms with Crippen LogP contribution in [-0.4, -0.2) is 16.1 Å². The lowest BCUT2D eigenvalue weighted by Gasteiger charge is -2.28. The second-order valence-corrected chi connectivity index (χ2v) is 6.18. The van der Waals surface area contributed by atoms with Crippen LogP contribution < -0.4 is 5.73 Å². The maximum Gasteiger partial charge on any atom is 0.0992 e. The molecule has 0 aliphatic heterocycles. The molecule has 0 unspecified atom stereocenters. The summed E-state index contributed by atoms with van der Waals surface area (Å²) in [6, 6.07) is 6.60. The minimum atomic E-state index is 0.190. The fourth-order valence-corrected chi connectivity index (χ4v) is 3.69. The summed E-state index contributed by atoms with van der Waals surface area (Å²) < 4.78 is 3.11. The van der Waals surface area contributed by atoms with Crippen LogP contribution in [0.1, 0.15) is 31.2 Å². The van der Waals surface area contributed by atoms with Crippen LogP contribution in [0.15, 0.2) is 41.4 Å². The van der Waals surface area contributed by atoms with Crippen LogP contribution in [-0.2, 0) is 5.41 Å². The molecule has 1 saturated carbocycles. The predicted molar refractivity (Wildman–Crippen MR) is 80.5 cm³/mol. The second kappa shape index (κ2) is 5.10. The van der Waals surface area contributed by atoms with Gasteiger partial charge in [0.1, 0.15) is 0 Å². The molecule has 19 heavy (non-hydrogen) atoms. The Kier molecular flexibility index (Phi) is 3.46. The third-order valence-electron chi connectivity index (χ3n) is 4.29. The SMILES string of the molecule is NCC1(c2ccc(-n3ccnc3)c(Br)c2)CCCC1. The maximum absolute atomic E-state index is 6.05. The van der Waals surface area contributed by atoms with Crippen molar-refractivity contribution in [2.45, 2.75) is 31.1 Å². The number of benzene rings is 1. The zero-order valence-electron chi connectivity index (χ0n) is 10.8. The molecule has 0 bridgehead atoms. The smallest absolute Gasteiger partial charge is 0.0992 e. The fourth-order valence-electron chi connectivity index (χ4n) is 3.11. The van der Waals surface area contributed by atoms with E-state index in [2.05, 4.69) is 39.1 Å². The van der Waals surface area contributed by atoms with E-state index >= 15 is 0 Å². The molecule has 0 radical (unpaired) electrons. The summed E-state index contributed by atoms with van der Waals surface area (Å²) in [5.74, 6) is 0. The van der Waals surface area contributed by atoms with Gasteiger partial charge in [-0.15, -0.1) is 0 Å². The van der Waals surface area contributed by atoms with Crippen molar-refractivity contribution in [2.75, 3.05) is 6.54 Å². The third-order valence-corrected chi connectivity index (χ3v) is 4.93. The lowest BCUT2D eigenvalue weighted by atomic mass is 9.79. The van der Waals surface area contributed by atoms with Crippen molar-refractivity contribution >= 4 is 15.9 Å². The van der Waals surface area contributed by atoms with E-state index in [0.29, 0.717) is 0 Å². The maximum atomic E-state index is 6.05. The number of nitrogens with zero attached hydrogens (tertiary/aromatic N) is 2. The molecule has 2 aromatic rings. The Morgan fingerprint density at radius 3 is 2.68 bits per heavy atom. The van der Waals surface area contributed by atoms with Crippen molar-refractivity contribution in [1.29, 1.82) is 0 Å². The normalized spacial score (nSPS) is 17.8. The standard InChI is InChI=1S/C15H18BrN3/c16-13-9-12(15(10-17)5-1-2-6-15)3-4-14(13)19-8-7-18-11-19/h3-4,7-9,11H,1-2,5-6,10,17H2. The number of rotatable bonds is 3. The van der Waals surface area contributed by atoms with Gasteiger partial charge in [0, 0.05) is 28.8 Å². The van der Waals surface area contributed by atoms with Gasteiger partial charge >= 0.3 is 0 Å². The van der Waals surface area contributed by atoms with Crippen molar-refractivity contribution < 1.29 is 0 Å². The van der Waals surface area contributed by atoms with Crippen LogP contribution in [0.2, 0.25) is 0 Å². The van der Waals surface area contributed by atoms with Crippen molar-refractivity contribution in [3.8, 4) is 5.69 Å². The van der Waals surface area contributed by atoms with Crippen LogP contribution in [0, 0.1) is 0 Å². The topological polar surface area (TPSA) is 43.8 Å². The molecule has 0 atom stereocenters. The van der Waals surface area contributed by atoms with Crippen LogP contribution in [0.5, 0.6) is 0 Å². The van der Waals surface area contributed by atoms with Gasteiger partial charge in [-0.25, -0.2) is 4.98 Å². The van der Waals surface area contributed by atoms with Gasteiger partial charge in [-0.3, -0.25) is 0 Å². The van der Waals surface area contributed by atoms with Gasteiger partial charge in [0.15, 0.2) is 0 Å². The number of aromatic nitrogens is 2. The largest absolute Gasteiger partial charge is 0.330 e. The van der Waals surface area contributed by atoms with E-state index in [1.807, 2.05) is 17.1 Å². The predicted octanol–water partition coefficient (Wildman–Crippen LogP) is 3.41. The highest BCUT2D eigenvalue weighted by molar-refractivity contribution is 9.10. The van der Waals surface area contributed by atoms with Crippen LogP contribution in [0.25, 0.3) is 5.69 Å². The van der Waals surface area contributed by atoms with Crippen LogP contribution in [0.4, 0.5) is 0 Å². The second-order valence-electron chi connectivity index (χ2n) is 5.33. The highest BCUT2D eigenvalue weighted by Crippen LogP contribution is 2.41. The Balaban J connectivity index is 2.00. The summed E-state index contributed by atoms with van der Waals surface area (Å²) >= 11 is 3.68. The summed E-state index contributed by atoms with van der Waals surface area (Å²) in [5, 5.41) is 0. The van der Waals surface area contributed by atoms with Crippen molar-refractivity contribution in [3.05, 3.63) is 47.0 Å². The van der Waals surface area contributed by atoms with E-state index in [1.54, 1.807) is 6.20 Å². The molecule has 3 rings (SSSR count). The summed E-state index contributed by atoms with van der Waals surface area (Å²) in [5.41, 5.74) is 8.72. The molecule has 3 nitrogen and oxygen atoms in total. The summed E-state index contributed by atoms with van der Waals surface area (Å²) in [6.45, 7) is 0.740. The van der Waals surface area contributed by atoms with Gasteiger partial charge in [-0.05, 0) is 46.5 Å². The Morgan fingerprint density at radius 2 is 2.11 bits per heavy atom. The Labute approximate surface area is 122 Å². The molecule has 1 aliphatic carbocycles. The fraction of sp³-hybridized carbons (Fsp3) is 0.400. The Hall–Kier alpha value is -1.13. The Bertz CT molecular complexity index is 557. The van der Waals surface area contributed by atoms with Gasteiger partial charge in [-0.2, -0.15) is 0 Å². The highest BCUT2D eigenvalue weighted by atomic mass is 79.9. The lowest BCUT2D eigenvalue weighted by molar-refractivity contribution is 0.453. The summed E-state index contributed by atoms with van der Waals surface area (Å²) in [6.07, 6.45) is 10.6. The van der Waals surface area contributed by atoms with Gasteiger partial charge in [0.05, 0.1) is 12.0 Å². The molecular weight excluding hydrogens is 302 g/mol. The molecule has 1 aromatic heterocycles. The highest BCUT2D eigenvalue weighted by Gasteiger charge is 2.34. The van der Waals surface area contributed by atoms with Crippen molar-refractivity contribution in [3.63, 3.8) is 0 Å². The lowest BCUT2D eigenvalue weighted by Crippen LogP contribution is -2.32. The van der Waals surface area contributed by atoms with Gasteiger partial charge in [-0.1, -0.05) is 18.9 Å². The van der Waals surface area contributed by atoms with E-state index in [1.165, 1.54) is 31.2 Å². The molecule has 2 N–H and O–H groups in total. The first-order chi connectivity index (χ1) is 9.25. The first-order valence-electron chi connectivity index (χ1n) is 6.74. The minimum absolute atomic E-state index is 0.190. The minimum Gasteiger partial charge on any atom is -0.330 e. The molecule has 1 aromatic carbocycles. The zero-order valence-corrected chi connectivity index (χ0v) is 12.4. The number of halogens is 1. The van der Waals surface area contributed by atoms with E-state index in [0.717, 1.165) is 16.7 Å². The average Bonchev–Trinajstić information content (AvgIpc) is 3.11. The molecular formula is C15H18BrN3. The summed E-state index contributed by atoms with van der Waals surface area (Å²) in [7, 11) is 0. The first kappa shape index (κ1) is 12.9. The zero-order chi connectivity index (χ0) is 13.3. The number of hydrogen-bond acceptors (Lipinski definition) is 2. The van der Waals surface area contributed by atoms with Gasteiger partial charge in [0.25, 0.3) is 0 Å². The third kappa shape index (κ3) is 2.23. The monoisotopic (exact) mass is 319 g/mol. The molecule has 1 aliphatic rings. The quantitative estimate of drug-likeness (QED) is 0.942. The van der Waals surface area contributed by atoms with Crippen molar-refractivity contribution in [2.24, 2.45) is 5.73 Å². The van der Waals surface area contributed by atoms with Crippen LogP contribution >= 0.6 is 15.9 Å². The van der Waals surface area contributed by atoms with E-state index in [-0.39, 0.29) is 5.41 Å². The number of hydrogen-bond donors (Lipinski definition) is 1. The summed E-state index contributed by atoms with van der Waals surface area (Å²) in [4.78, 5) is 4.09. The number of imidazole rings is 1. The average molecular weight is 320 g/mol. The molecule has 4 heteroatoms. The molecule has 1 heterocycles. The molecule has 1 fully saturated rings. The van der Waals surface area contributed by atoms with E-state index in [9.17, 15) is 0 Å². The number of nitrogens with two attached hydrogens (primary N) is 1. The van der Waals surface area contributed by atoms with Gasteiger partial charge in [0.2, 0.25) is 0 Å². The van der Waals surface area contributed by atoms with E-state index < -0.39 is 0 Å². The van der Waals surface area contributed by atoms with Crippen LogP contribution in [0.3, 0.4) is 0 Å². The van der Waals surface area contributed by atoms with E-state index in [4.69, 9.17) is 5.73 Å². The molecule has 0 saturated heterocycles. The molecule has 0 spiro atoms. The van der Waals surface area contributed by atoms with Gasteiger partial charge < -0.3 is 10.3 Å². The molecule has 0 amide bonds. The Morgan fingerprint density at radius 1 is 1.32 bits per heavy atom. The molecule has 100 valence electrons. The first-order valence-corrected chi connectivity index (χ1v) is 7.53. The van der Waals surface area contributed by atoms with Crippen molar-refractivity contribution in [1.82, 2.24) is 9.55 Å².